The van der Waals surface area contributed by atoms with E-state index in [4.69, 9.17) is 0 Å². The lowest BCUT2D eigenvalue weighted by Crippen LogP contribution is -2.11. The van der Waals surface area contributed by atoms with Crippen molar-refractivity contribution in [3.05, 3.63) is 42.0 Å². The highest BCUT2D eigenvalue weighted by Gasteiger charge is 2.30. The van der Waals surface area contributed by atoms with Gasteiger partial charge in [0, 0.05) is 0 Å². The number of benzene rings is 1. The molecule has 112 valence electrons. The molecule has 1 aromatic rings. The normalized spacial score (nSPS) is 12.5. The van der Waals surface area contributed by atoms with Gasteiger partial charge in [0.25, 0.3) is 0 Å². The Bertz CT molecular complexity index is 438. The molecular formula is C17H23F3. The van der Waals surface area contributed by atoms with Crippen LogP contribution in [0.1, 0.15) is 57.6 Å². The van der Waals surface area contributed by atoms with Crippen molar-refractivity contribution in [3.8, 4) is 0 Å². The highest BCUT2D eigenvalue weighted by atomic mass is 19.4. The van der Waals surface area contributed by atoms with E-state index in [0.717, 1.165) is 49.0 Å². The maximum Gasteiger partial charge on any atom is 0.416 e. The first kappa shape index (κ1) is 16.8. The van der Waals surface area contributed by atoms with Gasteiger partial charge in [-0.3, -0.25) is 0 Å². The number of rotatable bonds is 6. The zero-order valence-electron chi connectivity index (χ0n) is 12.5. The van der Waals surface area contributed by atoms with Crippen LogP contribution in [0.25, 0.3) is 5.57 Å². The van der Waals surface area contributed by atoms with Gasteiger partial charge in [-0.1, -0.05) is 52.3 Å². The largest absolute Gasteiger partial charge is 0.416 e. The van der Waals surface area contributed by atoms with E-state index in [1.165, 1.54) is 12.1 Å². The molecule has 1 aromatic carbocycles. The van der Waals surface area contributed by atoms with Gasteiger partial charge >= 0.3 is 6.18 Å². The van der Waals surface area contributed by atoms with Crippen LogP contribution in [0.3, 0.4) is 0 Å². The first-order valence-corrected chi connectivity index (χ1v) is 7.01. The minimum absolute atomic E-state index is 0.135. The fraction of sp³-hybridized carbons (Fsp3) is 0.529. The summed E-state index contributed by atoms with van der Waals surface area (Å²) in [6.45, 7) is 10.5. The smallest absolute Gasteiger partial charge is 0.166 e. The van der Waals surface area contributed by atoms with Crippen LogP contribution in [0.2, 0.25) is 0 Å². The van der Waals surface area contributed by atoms with Gasteiger partial charge < -0.3 is 0 Å². The van der Waals surface area contributed by atoms with Crippen LogP contribution in [0.15, 0.2) is 30.8 Å². The van der Waals surface area contributed by atoms with Gasteiger partial charge in [-0.25, -0.2) is 0 Å². The van der Waals surface area contributed by atoms with Crippen molar-refractivity contribution in [2.24, 2.45) is 5.41 Å². The Labute approximate surface area is 119 Å². The molecule has 0 N–H and O–H groups in total. The van der Waals surface area contributed by atoms with Crippen LogP contribution in [-0.2, 0) is 6.18 Å². The second-order valence-electron chi connectivity index (χ2n) is 6.12. The van der Waals surface area contributed by atoms with Gasteiger partial charge in [0.15, 0.2) is 0 Å². The lowest BCUT2D eigenvalue weighted by atomic mass is 9.80. The predicted octanol–water partition coefficient (Wildman–Crippen LogP) is 6.33. The second-order valence-corrected chi connectivity index (χ2v) is 6.12. The van der Waals surface area contributed by atoms with Gasteiger partial charge in [-0.05, 0) is 41.5 Å². The van der Waals surface area contributed by atoms with Crippen molar-refractivity contribution < 1.29 is 13.2 Å². The number of hydrogen-bond donors (Lipinski definition) is 0. The Morgan fingerprint density at radius 1 is 1.10 bits per heavy atom. The number of hydrogen-bond acceptors (Lipinski definition) is 0. The zero-order chi connectivity index (χ0) is 15.4. The van der Waals surface area contributed by atoms with Crippen LogP contribution >= 0.6 is 0 Å². The molecular weight excluding hydrogens is 261 g/mol. The van der Waals surface area contributed by atoms with Gasteiger partial charge in [-0.2, -0.15) is 13.2 Å². The van der Waals surface area contributed by atoms with Crippen LogP contribution in [-0.4, -0.2) is 0 Å². The Hall–Kier alpha value is -1.25. The number of halogens is 3. The van der Waals surface area contributed by atoms with Crippen molar-refractivity contribution in [1.82, 2.24) is 0 Å². The minimum Gasteiger partial charge on any atom is -0.166 e. The molecule has 0 atom stereocenters. The van der Waals surface area contributed by atoms with E-state index in [9.17, 15) is 13.2 Å². The molecule has 0 saturated carbocycles. The molecule has 0 aromatic heterocycles. The molecule has 0 aliphatic rings. The molecule has 0 saturated heterocycles. The summed E-state index contributed by atoms with van der Waals surface area (Å²) >= 11 is 0. The summed E-state index contributed by atoms with van der Waals surface area (Å²) < 4.78 is 37.5. The first-order valence-electron chi connectivity index (χ1n) is 7.01. The fourth-order valence-corrected chi connectivity index (χ4v) is 2.32. The summed E-state index contributed by atoms with van der Waals surface area (Å²) in [7, 11) is 0. The third-order valence-corrected chi connectivity index (χ3v) is 3.52. The van der Waals surface area contributed by atoms with E-state index in [1.54, 1.807) is 0 Å². The third kappa shape index (κ3) is 5.03. The quantitative estimate of drug-likeness (QED) is 0.573. The number of unbranched alkanes of at least 4 members (excludes halogenated alkanes) is 1. The van der Waals surface area contributed by atoms with Gasteiger partial charge in [0.05, 0.1) is 5.56 Å². The van der Waals surface area contributed by atoms with Gasteiger partial charge in [-0.15, -0.1) is 0 Å². The molecule has 0 fully saturated rings. The van der Waals surface area contributed by atoms with Crippen LogP contribution < -0.4 is 0 Å². The molecule has 0 aliphatic heterocycles. The topological polar surface area (TPSA) is 0 Å². The summed E-state index contributed by atoms with van der Waals surface area (Å²) in [5.74, 6) is 0. The molecule has 0 aliphatic carbocycles. The van der Waals surface area contributed by atoms with Crippen molar-refractivity contribution >= 4 is 5.57 Å². The Balaban J connectivity index is 2.73. The summed E-state index contributed by atoms with van der Waals surface area (Å²) in [5.41, 5.74) is 1.22. The molecule has 0 spiro atoms. The standard InChI is InChI=1S/C17H23F3/c1-5-6-11-16(3,4)12-13(2)14-7-9-15(10-8-14)17(18,19)20/h7-10H,2,5-6,11-12H2,1,3-4H3. The van der Waals surface area contributed by atoms with Crippen LogP contribution in [0.5, 0.6) is 0 Å². The lowest BCUT2D eigenvalue weighted by molar-refractivity contribution is -0.137. The highest BCUT2D eigenvalue weighted by Crippen LogP contribution is 2.35. The summed E-state index contributed by atoms with van der Waals surface area (Å²) in [4.78, 5) is 0. The fourth-order valence-electron chi connectivity index (χ4n) is 2.32. The van der Waals surface area contributed by atoms with Crippen LogP contribution in [0.4, 0.5) is 13.2 Å². The van der Waals surface area contributed by atoms with Crippen molar-refractivity contribution in [3.63, 3.8) is 0 Å². The molecule has 20 heavy (non-hydrogen) atoms. The van der Waals surface area contributed by atoms with E-state index in [-0.39, 0.29) is 5.41 Å². The Morgan fingerprint density at radius 3 is 2.10 bits per heavy atom. The Kier molecular flexibility index (Phi) is 5.43. The maximum atomic E-state index is 12.5. The molecule has 0 heterocycles. The highest BCUT2D eigenvalue weighted by molar-refractivity contribution is 5.64. The monoisotopic (exact) mass is 284 g/mol. The SMILES string of the molecule is C=C(CC(C)(C)CCCC)c1ccc(C(F)(F)F)cc1. The van der Waals surface area contributed by atoms with E-state index >= 15 is 0 Å². The predicted molar refractivity (Wildman–Crippen MR) is 78.4 cm³/mol. The molecule has 0 radical (unpaired) electrons. The zero-order valence-corrected chi connectivity index (χ0v) is 12.5. The number of allylic oxidation sites excluding steroid dienone is 1. The Morgan fingerprint density at radius 2 is 1.65 bits per heavy atom. The molecule has 1 rings (SSSR count). The third-order valence-electron chi connectivity index (χ3n) is 3.52. The van der Waals surface area contributed by atoms with E-state index in [0.29, 0.717) is 0 Å². The molecule has 0 amide bonds. The maximum absolute atomic E-state index is 12.5. The number of alkyl halides is 3. The average molecular weight is 284 g/mol. The summed E-state index contributed by atoms with van der Waals surface area (Å²) in [5, 5.41) is 0. The molecule has 0 bridgehead atoms. The van der Waals surface area contributed by atoms with Crippen LogP contribution in [0, 0.1) is 5.41 Å². The van der Waals surface area contributed by atoms with Gasteiger partial charge in [0.2, 0.25) is 0 Å². The minimum atomic E-state index is -4.28. The van der Waals surface area contributed by atoms with Crippen molar-refractivity contribution in [1.29, 1.82) is 0 Å². The molecule has 0 nitrogen and oxygen atoms in total. The van der Waals surface area contributed by atoms with E-state index in [1.807, 2.05) is 0 Å². The molecule has 0 unspecified atom stereocenters. The summed E-state index contributed by atoms with van der Waals surface area (Å²) in [6, 6.07) is 5.28. The average Bonchev–Trinajstić information content (AvgIpc) is 2.35. The van der Waals surface area contributed by atoms with Crippen molar-refractivity contribution in [2.75, 3.05) is 0 Å². The summed E-state index contributed by atoms with van der Waals surface area (Å²) in [6.07, 6.45) is -0.0642. The molecule has 3 heteroatoms. The van der Waals surface area contributed by atoms with E-state index in [2.05, 4.69) is 27.4 Å². The van der Waals surface area contributed by atoms with Crippen molar-refractivity contribution in [2.45, 2.75) is 52.6 Å². The lowest BCUT2D eigenvalue weighted by Gasteiger charge is -2.25. The van der Waals surface area contributed by atoms with Gasteiger partial charge in [0.1, 0.15) is 0 Å². The first-order chi connectivity index (χ1) is 9.15. The second kappa shape index (κ2) is 6.47. The van der Waals surface area contributed by atoms with E-state index < -0.39 is 11.7 Å².